The molecule has 4 saturated carbocycles. The first-order chi connectivity index (χ1) is 28.1. The van der Waals surface area contributed by atoms with E-state index in [1.807, 2.05) is 38.1 Å². The molecule has 2 aromatic rings. The summed E-state index contributed by atoms with van der Waals surface area (Å²) >= 11 is 0. The molecule has 316 valence electrons. The highest BCUT2D eigenvalue weighted by molar-refractivity contribution is 5.89. The van der Waals surface area contributed by atoms with E-state index in [0.717, 1.165) is 0 Å². The van der Waals surface area contributed by atoms with Crippen molar-refractivity contribution in [3.05, 3.63) is 96.1 Å². The van der Waals surface area contributed by atoms with Gasteiger partial charge in [0.15, 0.2) is 0 Å². The second-order valence-electron chi connectivity index (χ2n) is 19.0. The van der Waals surface area contributed by atoms with Gasteiger partial charge in [-0.2, -0.15) is 0 Å². The van der Waals surface area contributed by atoms with Crippen LogP contribution in [-0.4, -0.2) is 109 Å². The average molecular weight is 815 g/mol. The number of hydrogen-bond donors (Lipinski definition) is 5. The smallest absolute Gasteiger partial charge is 0.338 e. The number of carbonyl (C=O) groups excluding carboxylic acids is 2. The van der Waals surface area contributed by atoms with Gasteiger partial charge in [-0.1, -0.05) is 81.5 Å². The van der Waals surface area contributed by atoms with E-state index in [4.69, 9.17) is 28.4 Å². The van der Waals surface area contributed by atoms with E-state index in [-0.39, 0.29) is 30.6 Å². The van der Waals surface area contributed by atoms with Gasteiger partial charge in [0.25, 0.3) is 0 Å². The normalized spacial score (nSPS) is 52.8. The fraction of sp³-hybridized carbons (Fsp3) is 0.609. The Kier molecular flexibility index (Phi) is 8.90. The Labute approximate surface area is 342 Å². The number of hydrogen-bond acceptors (Lipinski definition) is 13. The van der Waals surface area contributed by atoms with Crippen molar-refractivity contribution in [1.82, 2.24) is 0 Å². The molecule has 19 atom stereocenters. The summed E-state index contributed by atoms with van der Waals surface area (Å²) in [5.74, 6) is -6.79. The molecule has 10 aliphatic rings. The third-order valence-corrected chi connectivity index (χ3v) is 16.2. The Morgan fingerprint density at radius 2 is 1.58 bits per heavy atom. The van der Waals surface area contributed by atoms with Gasteiger partial charge in [-0.3, -0.25) is 0 Å². The SMILES string of the molecule is C[C@H]1[C@@H]2CC[C@@H]1[C@H](OC(=O)c1ccccc1)/C=C\C=C/C(=O)O[C@H]1[C@@H](C)C[C@@H]3[C@]1(O)[C@H](O)[C@@]1(CO)O[C@H]1[C@H]1[C@H]4O[C@]5(c6ccccc6)O[C@@H]([C@@H](C)[C@@]13O5)[C@@]4(O)[C@](C)(O)C2. The van der Waals surface area contributed by atoms with Gasteiger partial charge in [-0.05, 0) is 68.6 Å². The number of aliphatic hydroxyl groups excluding tert-OH is 2. The second-order valence-corrected chi connectivity index (χ2v) is 19.0. The van der Waals surface area contributed by atoms with Gasteiger partial charge < -0.3 is 54.0 Å². The van der Waals surface area contributed by atoms with Gasteiger partial charge >= 0.3 is 17.9 Å². The zero-order valence-electron chi connectivity index (χ0n) is 33.6. The summed E-state index contributed by atoms with van der Waals surface area (Å²) in [4.78, 5) is 27.2. The van der Waals surface area contributed by atoms with Crippen molar-refractivity contribution in [2.24, 2.45) is 41.4 Å². The summed E-state index contributed by atoms with van der Waals surface area (Å²) in [6, 6.07) is 17.7. The summed E-state index contributed by atoms with van der Waals surface area (Å²) < 4.78 is 39.7. The van der Waals surface area contributed by atoms with Crippen LogP contribution >= 0.6 is 0 Å². The number of rotatable bonds is 4. The van der Waals surface area contributed by atoms with Crippen LogP contribution in [0.3, 0.4) is 0 Å². The van der Waals surface area contributed by atoms with E-state index in [1.165, 1.54) is 12.2 Å². The Morgan fingerprint density at radius 1 is 0.881 bits per heavy atom. The summed E-state index contributed by atoms with van der Waals surface area (Å²) in [6.07, 6.45) is 0.608. The molecule has 0 aromatic heterocycles. The molecule has 11 bridgehead atoms. The van der Waals surface area contributed by atoms with Gasteiger partial charge in [-0.25, -0.2) is 9.59 Å². The lowest BCUT2D eigenvalue weighted by Gasteiger charge is -2.74. The molecule has 6 aliphatic heterocycles. The number of epoxide rings is 1. The summed E-state index contributed by atoms with van der Waals surface area (Å²) in [7, 11) is 0. The Hall–Kier alpha value is -3.50. The van der Waals surface area contributed by atoms with Crippen LogP contribution in [0.25, 0.3) is 0 Å². The van der Waals surface area contributed by atoms with Crippen molar-refractivity contribution in [3.63, 3.8) is 0 Å². The van der Waals surface area contributed by atoms with Gasteiger partial charge in [0, 0.05) is 35.3 Å². The molecule has 59 heavy (non-hydrogen) atoms. The van der Waals surface area contributed by atoms with Crippen LogP contribution in [0.15, 0.2) is 85.0 Å². The average Bonchev–Trinajstić information content (AvgIpc) is 3.79. The minimum Gasteiger partial charge on any atom is -0.456 e. The number of ether oxygens (including phenoxy) is 6. The fourth-order valence-electron chi connectivity index (χ4n) is 13.3. The number of allylic oxidation sites excluding steroid dienone is 2. The van der Waals surface area contributed by atoms with Crippen molar-refractivity contribution in [2.75, 3.05) is 6.61 Å². The maximum atomic E-state index is 13.7. The van der Waals surface area contributed by atoms with E-state index in [2.05, 4.69) is 6.92 Å². The predicted molar refractivity (Wildman–Crippen MR) is 207 cm³/mol. The standard InChI is InChI=1S/C46H54O13/c1-24-21-32-43(52)35(24)55-33(48)18-12-11-17-31(54-39(49)27-13-7-5-8-14-27)30-20-19-28(25(30)2)22-41(4,51)45(53)36-26(3)44(32)34(37-42(23-47,56-37)40(43)50)38(45)58-46(57-36,59-44)29-15-9-6-10-16-29/h5-18,24-26,28,30-32,34-38,40,47,50-53H,19-23H2,1-4H3/b17-11-,18-12-/t24-,25-,26+,28+,30-,31+,32+,34-,35-,36-,37-,38+,40+,41+,42-,43+,44-,45-,46-/m0/s1. The summed E-state index contributed by atoms with van der Waals surface area (Å²) in [6.45, 7) is 6.66. The zero-order valence-corrected chi connectivity index (χ0v) is 33.6. The van der Waals surface area contributed by atoms with Crippen LogP contribution in [0.1, 0.15) is 69.3 Å². The molecule has 4 aliphatic carbocycles. The second kappa shape index (κ2) is 13.3. The van der Waals surface area contributed by atoms with E-state index in [0.29, 0.717) is 24.0 Å². The first-order valence-electron chi connectivity index (χ1n) is 21.2. The molecule has 13 nitrogen and oxygen atoms in total. The minimum absolute atomic E-state index is 0.102. The topological polar surface area (TPSA) is 194 Å². The lowest BCUT2D eigenvalue weighted by atomic mass is 9.49. The Balaban J connectivity index is 1.14. The molecule has 4 saturated heterocycles. The van der Waals surface area contributed by atoms with Crippen LogP contribution in [0.2, 0.25) is 0 Å². The molecule has 5 N–H and O–H groups in total. The van der Waals surface area contributed by atoms with Crippen LogP contribution < -0.4 is 0 Å². The third kappa shape index (κ3) is 5.17. The Bertz CT molecular complexity index is 2060. The van der Waals surface area contributed by atoms with Crippen molar-refractivity contribution >= 4 is 11.9 Å². The molecule has 0 radical (unpaired) electrons. The van der Waals surface area contributed by atoms with Crippen molar-refractivity contribution in [3.8, 4) is 0 Å². The molecule has 0 amide bonds. The lowest BCUT2D eigenvalue weighted by Crippen LogP contribution is -2.89. The van der Waals surface area contributed by atoms with E-state index < -0.39 is 113 Å². The fourth-order valence-corrected chi connectivity index (χ4v) is 13.3. The first kappa shape index (κ1) is 39.6. The van der Waals surface area contributed by atoms with Crippen LogP contribution in [-0.2, 0) is 39.2 Å². The van der Waals surface area contributed by atoms with Crippen LogP contribution in [0.4, 0.5) is 0 Å². The van der Waals surface area contributed by atoms with Crippen molar-refractivity contribution < 1.29 is 63.5 Å². The van der Waals surface area contributed by atoms with Crippen molar-refractivity contribution in [1.29, 1.82) is 0 Å². The molecular weight excluding hydrogens is 760 g/mol. The zero-order chi connectivity index (χ0) is 41.5. The third-order valence-electron chi connectivity index (χ3n) is 16.2. The van der Waals surface area contributed by atoms with Gasteiger partial charge in [-0.15, -0.1) is 0 Å². The molecule has 0 unspecified atom stereocenters. The number of benzene rings is 2. The molecule has 13 heteroatoms. The first-order valence-corrected chi connectivity index (χ1v) is 21.2. The summed E-state index contributed by atoms with van der Waals surface area (Å²) in [5.41, 5.74) is -8.50. The maximum absolute atomic E-state index is 13.7. The van der Waals surface area contributed by atoms with Gasteiger partial charge in [0.1, 0.15) is 53.4 Å². The minimum atomic E-state index is -2.22. The highest BCUT2D eigenvalue weighted by Crippen LogP contribution is 2.75. The lowest BCUT2D eigenvalue weighted by molar-refractivity contribution is -0.595. The van der Waals surface area contributed by atoms with E-state index in [1.54, 1.807) is 55.5 Å². The van der Waals surface area contributed by atoms with E-state index >= 15 is 0 Å². The summed E-state index contributed by atoms with van der Waals surface area (Å²) in [5, 5.41) is 63.4. The molecule has 1 spiro atoms. The quantitative estimate of drug-likeness (QED) is 0.223. The predicted octanol–water partition coefficient (Wildman–Crippen LogP) is 3.31. The molecule has 6 heterocycles. The number of carbonyl (C=O) groups is 2. The number of esters is 2. The highest BCUT2D eigenvalue weighted by atomic mass is 16.9. The van der Waals surface area contributed by atoms with E-state index in [9.17, 15) is 35.1 Å². The highest BCUT2D eigenvalue weighted by Gasteiger charge is 2.91. The van der Waals surface area contributed by atoms with Crippen molar-refractivity contribution in [2.45, 2.75) is 124 Å². The molecule has 8 fully saturated rings. The molecular formula is C46H54O13. The van der Waals surface area contributed by atoms with Gasteiger partial charge in [0.05, 0.1) is 23.4 Å². The Morgan fingerprint density at radius 3 is 2.29 bits per heavy atom. The monoisotopic (exact) mass is 814 g/mol. The maximum Gasteiger partial charge on any atom is 0.338 e. The molecule has 12 rings (SSSR count). The molecule has 2 aromatic carbocycles. The largest absolute Gasteiger partial charge is 0.456 e. The van der Waals surface area contributed by atoms with Gasteiger partial charge in [0.2, 0.25) is 0 Å². The van der Waals surface area contributed by atoms with Crippen LogP contribution in [0.5, 0.6) is 0 Å². The van der Waals surface area contributed by atoms with Crippen LogP contribution in [0, 0.1) is 41.4 Å². The number of fused-ring (bicyclic) bond motifs is 6. The number of aliphatic hydroxyl groups is 5.